The minimum Gasteiger partial charge on any atom is -0.326 e. The monoisotopic (exact) mass is 257 g/mol. The highest BCUT2D eigenvalue weighted by Gasteiger charge is 2.24. The molecule has 98 valence electrons. The Morgan fingerprint density at radius 1 is 1.32 bits per heavy atom. The molecular weight excluding hydrogens is 242 g/mol. The first kappa shape index (κ1) is 11.9. The summed E-state index contributed by atoms with van der Waals surface area (Å²) in [6, 6.07) is 5.64. The Kier molecular flexibility index (Phi) is 3.03. The summed E-state index contributed by atoms with van der Waals surface area (Å²) < 4.78 is 0. The number of fused-ring (bicyclic) bond motifs is 1. The number of amides is 1. The SMILES string of the molecule is O=C1CCC(C(=O)Nc2ccc3[nH]ncc3c2)CC1. The van der Waals surface area contributed by atoms with Gasteiger partial charge < -0.3 is 5.32 Å². The van der Waals surface area contributed by atoms with Gasteiger partial charge in [0.25, 0.3) is 0 Å². The van der Waals surface area contributed by atoms with E-state index < -0.39 is 0 Å². The van der Waals surface area contributed by atoms with E-state index in [1.807, 2.05) is 18.2 Å². The molecule has 0 unspecified atom stereocenters. The molecular formula is C14H15N3O2. The maximum absolute atomic E-state index is 12.1. The van der Waals surface area contributed by atoms with Crippen LogP contribution in [-0.2, 0) is 9.59 Å². The van der Waals surface area contributed by atoms with E-state index in [4.69, 9.17) is 0 Å². The number of aromatic amines is 1. The molecule has 1 aliphatic carbocycles. The lowest BCUT2D eigenvalue weighted by atomic mass is 9.88. The molecule has 2 N–H and O–H groups in total. The normalized spacial score (nSPS) is 16.7. The van der Waals surface area contributed by atoms with Crippen molar-refractivity contribution in [3.8, 4) is 0 Å². The quantitative estimate of drug-likeness (QED) is 0.866. The zero-order valence-corrected chi connectivity index (χ0v) is 10.5. The van der Waals surface area contributed by atoms with Gasteiger partial charge in [-0.1, -0.05) is 0 Å². The second kappa shape index (κ2) is 4.84. The van der Waals surface area contributed by atoms with Crippen LogP contribution in [0.4, 0.5) is 5.69 Å². The minimum atomic E-state index is -0.0438. The Morgan fingerprint density at radius 2 is 2.11 bits per heavy atom. The molecule has 1 aromatic heterocycles. The molecule has 0 spiro atoms. The molecule has 1 amide bonds. The van der Waals surface area contributed by atoms with Crippen LogP contribution in [0.1, 0.15) is 25.7 Å². The van der Waals surface area contributed by atoms with Crippen LogP contribution >= 0.6 is 0 Å². The number of carbonyl (C=O) groups excluding carboxylic acids is 2. The van der Waals surface area contributed by atoms with Crippen LogP contribution in [0.5, 0.6) is 0 Å². The van der Waals surface area contributed by atoms with E-state index in [2.05, 4.69) is 15.5 Å². The van der Waals surface area contributed by atoms with Crippen molar-refractivity contribution in [3.63, 3.8) is 0 Å². The zero-order valence-electron chi connectivity index (χ0n) is 10.5. The van der Waals surface area contributed by atoms with Crippen LogP contribution in [-0.4, -0.2) is 21.9 Å². The number of benzene rings is 1. The van der Waals surface area contributed by atoms with Gasteiger partial charge in [0, 0.05) is 29.8 Å². The third-order valence-electron chi connectivity index (χ3n) is 3.62. The molecule has 2 aromatic rings. The van der Waals surface area contributed by atoms with Crippen LogP contribution in [0, 0.1) is 5.92 Å². The van der Waals surface area contributed by atoms with Crippen molar-refractivity contribution in [3.05, 3.63) is 24.4 Å². The lowest BCUT2D eigenvalue weighted by Gasteiger charge is -2.20. The number of carbonyl (C=O) groups is 2. The van der Waals surface area contributed by atoms with E-state index >= 15 is 0 Å². The minimum absolute atomic E-state index is 0.00958. The van der Waals surface area contributed by atoms with Crippen molar-refractivity contribution >= 4 is 28.3 Å². The third-order valence-corrected chi connectivity index (χ3v) is 3.62. The topological polar surface area (TPSA) is 74.8 Å². The smallest absolute Gasteiger partial charge is 0.227 e. The maximum atomic E-state index is 12.1. The first-order valence-electron chi connectivity index (χ1n) is 6.48. The van der Waals surface area contributed by atoms with Gasteiger partial charge in [-0.3, -0.25) is 14.7 Å². The summed E-state index contributed by atoms with van der Waals surface area (Å²) in [7, 11) is 0. The van der Waals surface area contributed by atoms with Crippen LogP contribution in [0.2, 0.25) is 0 Å². The van der Waals surface area contributed by atoms with E-state index in [-0.39, 0.29) is 17.6 Å². The van der Waals surface area contributed by atoms with Crippen molar-refractivity contribution in [2.45, 2.75) is 25.7 Å². The highest BCUT2D eigenvalue weighted by Crippen LogP contribution is 2.24. The highest BCUT2D eigenvalue weighted by atomic mass is 16.2. The van der Waals surface area contributed by atoms with E-state index in [1.54, 1.807) is 6.20 Å². The van der Waals surface area contributed by atoms with E-state index in [1.165, 1.54) is 0 Å². The summed E-state index contributed by atoms with van der Waals surface area (Å²) in [5.74, 6) is 0.233. The van der Waals surface area contributed by atoms with Crippen molar-refractivity contribution < 1.29 is 9.59 Å². The second-order valence-corrected chi connectivity index (χ2v) is 4.97. The van der Waals surface area contributed by atoms with Gasteiger partial charge in [0.2, 0.25) is 5.91 Å². The Balaban J connectivity index is 1.70. The molecule has 0 bridgehead atoms. The number of ketones is 1. The van der Waals surface area contributed by atoms with Gasteiger partial charge in [0.1, 0.15) is 5.78 Å². The molecule has 1 fully saturated rings. The lowest BCUT2D eigenvalue weighted by molar-refractivity contribution is -0.125. The number of hydrogen-bond donors (Lipinski definition) is 2. The van der Waals surface area contributed by atoms with Crippen molar-refractivity contribution in [1.82, 2.24) is 10.2 Å². The maximum Gasteiger partial charge on any atom is 0.227 e. The van der Waals surface area contributed by atoms with Crippen molar-refractivity contribution in [2.75, 3.05) is 5.32 Å². The fourth-order valence-electron chi connectivity index (χ4n) is 2.47. The van der Waals surface area contributed by atoms with E-state index in [0.717, 1.165) is 16.6 Å². The first-order valence-corrected chi connectivity index (χ1v) is 6.48. The molecule has 3 rings (SSSR count). The number of H-pyrrole nitrogens is 1. The molecule has 1 heterocycles. The largest absolute Gasteiger partial charge is 0.326 e. The van der Waals surface area contributed by atoms with Gasteiger partial charge in [0.05, 0.1) is 11.7 Å². The summed E-state index contributed by atoms with van der Waals surface area (Å²) in [5, 5.41) is 10.7. The number of anilines is 1. The Morgan fingerprint density at radius 3 is 2.89 bits per heavy atom. The van der Waals surface area contributed by atoms with Crippen LogP contribution in [0.15, 0.2) is 24.4 Å². The van der Waals surface area contributed by atoms with E-state index in [9.17, 15) is 9.59 Å². The van der Waals surface area contributed by atoms with Gasteiger partial charge >= 0.3 is 0 Å². The van der Waals surface area contributed by atoms with Crippen molar-refractivity contribution in [1.29, 1.82) is 0 Å². The van der Waals surface area contributed by atoms with Gasteiger partial charge in [-0.15, -0.1) is 0 Å². The second-order valence-electron chi connectivity index (χ2n) is 4.97. The molecule has 1 aliphatic rings. The van der Waals surface area contributed by atoms with Gasteiger partial charge in [-0.05, 0) is 31.0 Å². The molecule has 19 heavy (non-hydrogen) atoms. The summed E-state index contributed by atoms with van der Waals surface area (Å²) in [6.45, 7) is 0. The van der Waals surface area contributed by atoms with E-state index in [0.29, 0.717) is 25.7 Å². The number of nitrogens with one attached hydrogen (secondary N) is 2. The fourth-order valence-corrected chi connectivity index (χ4v) is 2.47. The fraction of sp³-hybridized carbons (Fsp3) is 0.357. The number of rotatable bonds is 2. The first-order chi connectivity index (χ1) is 9.22. The Labute approximate surface area is 110 Å². The summed E-state index contributed by atoms with van der Waals surface area (Å²) in [5.41, 5.74) is 1.72. The average Bonchev–Trinajstić information content (AvgIpc) is 2.87. The summed E-state index contributed by atoms with van der Waals surface area (Å²) >= 11 is 0. The number of nitrogens with zero attached hydrogens (tertiary/aromatic N) is 1. The zero-order chi connectivity index (χ0) is 13.2. The van der Waals surface area contributed by atoms with Crippen molar-refractivity contribution in [2.24, 2.45) is 5.92 Å². The number of hydrogen-bond acceptors (Lipinski definition) is 3. The summed E-state index contributed by atoms with van der Waals surface area (Å²) in [6.07, 6.45) is 4.11. The lowest BCUT2D eigenvalue weighted by Crippen LogP contribution is -2.27. The standard InChI is InChI=1S/C14H15N3O2/c18-12-4-1-9(2-5-12)14(19)16-11-3-6-13-10(7-11)8-15-17-13/h3,6-9H,1-2,4-5H2,(H,15,17)(H,16,19). The molecule has 0 atom stereocenters. The van der Waals surface area contributed by atoms with Crippen LogP contribution in [0.3, 0.4) is 0 Å². The van der Waals surface area contributed by atoms with Gasteiger partial charge in [-0.2, -0.15) is 5.10 Å². The highest BCUT2D eigenvalue weighted by molar-refractivity contribution is 5.96. The number of aromatic nitrogens is 2. The molecule has 1 saturated carbocycles. The molecule has 5 nitrogen and oxygen atoms in total. The third kappa shape index (κ3) is 2.50. The molecule has 0 aliphatic heterocycles. The molecule has 1 aromatic carbocycles. The number of Topliss-reactive ketones (excluding diaryl/α,β-unsaturated/α-hetero) is 1. The van der Waals surface area contributed by atoms with Crippen LogP contribution in [0.25, 0.3) is 10.9 Å². The van der Waals surface area contributed by atoms with Gasteiger partial charge in [0.15, 0.2) is 0 Å². The molecule has 5 heteroatoms. The van der Waals surface area contributed by atoms with Gasteiger partial charge in [-0.25, -0.2) is 0 Å². The predicted molar refractivity (Wildman–Crippen MR) is 71.7 cm³/mol. The molecule has 0 radical (unpaired) electrons. The summed E-state index contributed by atoms with van der Waals surface area (Å²) in [4.78, 5) is 23.3. The Hall–Kier alpha value is -2.17. The predicted octanol–water partition coefficient (Wildman–Crippen LogP) is 2.26. The average molecular weight is 257 g/mol. The Bertz CT molecular complexity index is 622. The van der Waals surface area contributed by atoms with Crippen LogP contribution < -0.4 is 5.32 Å². The molecule has 0 saturated heterocycles.